The molecule has 2 heterocycles. The second-order valence-electron chi connectivity index (χ2n) is 4.15. The lowest BCUT2D eigenvalue weighted by atomic mass is 10.2. The van der Waals surface area contributed by atoms with E-state index < -0.39 is 0 Å². The van der Waals surface area contributed by atoms with Crippen molar-refractivity contribution in [2.75, 3.05) is 11.1 Å². The smallest absolute Gasteiger partial charge is 0.236 e. The second-order valence-corrected chi connectivity index (χ2v) is 5.98. The summed E-state index contributed by atoms with van der Waals surface area (Å²) in [5.74, 6) is 0.230. The van der Waals surface area contributed by atoms with Crippen LogP contribution in [0, 0.1) is 5.82 Å². The number of thiazole rings is 1. The molecule has 1 aromatic carbocycles. The van der Waals surface area contributed by atoms with Crippen molar-refractivity contribution in [1.82, 2.24) is 20.2 Å². The Labute approximate surface area is 133 Å². The van der Waals surface area contributed by atoms with Crippen LogP contribution >= 0.6 is 23.1 Å². The van der Waals surface area contributed by atoms with E-state index in [1.54, 1.807) is 23.7 Å². The van der Waals surface area contributed by atoms with Gasteiger partial charge in [0.05, 0.1) is 5.75 Å². The van der Waals surface area contributed by atoms with Gasteiger partial charge in [0.15, 0.2) is 11.0 Å². The monoisotopic (exact) mass is 335 g/mol. The van der Waals surface area contributed by atoms with Crippen LogP contribution in [0.5, 0.6) is 0 Å². The Morgan fingerprint density at radius 2 is 2.18 bits per heavy atom. The Morgan fingerprint density at radius 3 is 2.91 bits per heavy atom. The molecular weight excluding hydrogens is 325 g/mol. The van der Waals surface area contributed by atoms with Gasteiger partial charge in [-0.3, -0.25) is 9.89 Å². The van der Waals surface area contributed by atoms with E-state index in [4.69, 9.17) is 0 Å². The summed E-state index contributed by atoms with van der Waals surface area (Å²) < 4.78 is 12.9. The number of hydrogen-bond donors (Lipinski definition) is 2. The fourth-order valence-corrected chi connectivity index (χ4v) is 2.76. The predicted octanol–water partition coefficient (Wildman–Crippen LogP) is 2.80. The van der Waals surface area contributed by atoms with Crippen LogP contribution in [0.1, 0.15) is 0 Å². The zero-order valence-corrected chi connectivity index (χ0v) is 12.7. The number of carbonyl (C=O) groups excluding carboxylic acids is 1. The van der Waals surface area contributed by atoms with Crippen molar-refractivity contribution in [3.63, 3.8) is 0 Å². The van der Waals surface area contributed by atoms with E-state index in [0.29, 0.717) is 16.1 Å². The standard InChI is InChI=1S/C13H10FN5OS2/c14-9-3-1-8(2-4-9)11-17-13(19-18-11)22-7-10(20)16-12-15-5-6-21-12/h1-6H,7H2,(H,15,16,20)(H,17,18,19). The fourth-order valence-electron chi connectivity index (χ4n) is 1.62. The maximum atomic E-state index is 12.9. The Balaban J connectivity index is 1.57. The lowest BCUT2D eigenvalue weighted by Crippen LogP contribution is -2.13. The third-order valence-electron chi connectivity index (χ3n) is 2.59. The maximum Gasteiger partial charge on any atom is 0.236 e. The minimum Gasteiger partial charge on any atom is -0.301 e. The molecule has 0 spiro atoms. The number of halogens is 1. The first kappa shape index (κ1) is 14.7. The van der Waals surface area contributed by atoms with Gasteiger partial charge in [-0.05, 0) is 24.3 Å². The summed E-state index contributed by atoms with van der Waals surface area (Å²) in [5, 5.41) is 12.3. The zero-order valence-electron chi connectivity index (χ0n) is 11.1. The topological polar surface area (TPSA) is 83.6 Å². The van der Waals surface area contributed by atoms with Crippen molar-refractivity contribution < 1.29 is 9.18 Å². The maximum absolute atomic E-state index is 12.9. The fraction of sp³-hybridized carbons (Fsp3) is 0.0769. The summed E-state index contributed by atoms with van der Waals surface area (Å²) in [5.41, 5.74) is 0.730. The molecule has 0 saturated heterocycles. The summed E-state index contributed by atoms with van der Waals surface area (Å²) in [6.07, 6.45) is 1.62. The van der Waals surface area contributed by atoms with Gasteiger partial charge < -0.3 is 5.32 Å². The molecule has 2 aromatic heterocycles. The highest BCUT2D eigenvalue weighted by molar-refractivity contribution is 7.99. The first-order valence-electron chi connectivity index (χ1n) is 6.21. The third kappa shape index (κ3) is 3.68. The largest absolute Gasteiger partial charge is 0.301 e. The average Bonchev–Trinajstić information content (AvgIpc) is 3.17. The minimum atomic E-state index is -0.309. The molecule has 0 fully saturated rings. The van der Waals surface area contributed by atoms with Crippen molar-refractivity contribution >= 4 is 34.1 Å². The molecule has 0 atom stereocenters. The van der Waals surface area contributed by atoms with Crippen molar-refractivity contribution in [2.24, 2.45) is 0 Å². The minimum absolute atomic E-state index is 0.173. The Bertz CT molecular complexity index is 757. The molecule has 0 aliphatic heterocycles. The number of H-pyrrole nitrogens is 1. The summed E-state index contributed by atoms with van der Waals surface area (Å²) in [6.45, 7) is 0. The highest BCUT2D eigenvalue weighted by atomic mass is 32.2. The number of nitrogens with zero attached hydrogens (tertiary/aromatic N) is 3. The summed E-state index contributed by atoms with van der Waals surface area (Å²) in [7, 11) is 0. The summed E-state index contributed by atoms with van der Waals surface area (Å²) in [6, 6.07) is 5.93. The summed E-state index contributed by atoms with van der Waals surface area (Å²) >= 11 is 2.56. The van der Waals surface area contributed by atoms with Crippen LogP contribution < -0.4 is 5.32 Å². The molecule has 0 bridgehead atoms. The lowest BCUT2D eigenvalue weighted by molar-refractivity contribution is -0.113. The van der Waals surface area contributed by atoms with Gasteiger partial charge in [0.25, 0.3) is 0 Å². The normalized spacial score (nSPS) is 10.6. The van der Waals surface area contributed by atoms with Crippen molar-refractivity contribution in [1.29, 1.82) is 0 Å². The van der Waals surface area contributed by atoms with E-state index in [-0.39, 0.29) is 17.5 Å². The number of aromatic amines is 1. The van der Waals surface area contributed by atoms with Crippen molar-refractivity contribution in [3.8, 4) is 11.4 Å². The van der Waals surface area contributed by atoms with Crippen molar-refractivity contribution in [3.05, 3.63) is 41.7 Å². The number of benzene rings is 1. The van der Waals surface area contributed by atoms with E-state index in [0.717, 1.165) is 5.56 Å². The third-order valence-corrected chi connectivity index (χ3v) is 4.13. The molecule has 0 saturated carbocycles. The molecule has 0 unspecified atom stereocenters. The average molecular weight is 335 g/mol. The van der Waals surface area contributed by atoms with Crippen LogP contribution in [0.3, 0.4) is 0 Å². The predicted molar refractivity (Wildman–Crippen MR) is 83.2 cm³/mol. The van der Waals surface area contributed by atoms with Crippen LogP contribution in [0.4, 0.5) is 9.52 Å². The Kier molecular flexibility index (Phi) is 4.45. The van der Waals surface area contributed by atoms with E-state index in [2.05, 4.69) is 25.5 Å². The van der Waals surface area contributed by atoms with Gasteiger partial charge in [-0.2, -0.15) is 0 Å². The molecule has 0 radical (unpaired) electrons. The number of carbonyl (C=O) groups is 1. The van der Waals surface area contributed by atoms with E-state index in [1.807, 2.05) is 0 Å². The molecule has 3 aromatic rings. The van der Waals surface area contributed by atoms with Gasteiger partial charge in [0, 0.05) is 17.1 Å². The van der Waals surface area contributed by atoms with Crippen LogP contribution in [0.2, 0.25) is 0 Å². The first-order chi connectivity index (χ1) is 10.7. The Morgan fingerprint density at radius 1 is 1.36 bits per heavy atom. The summed E-state index contributed by atoms with van der Waals surface area (Å²) in [4.78, 5) is 20.0. The quantitative estimate of drug-likeness (QED) is 0.701. The highest BCUT2D eigenvalue weighted by Gasteiger charge is 2.10. The molecule has 1 amide bonds. The van der Waals surface area contributed by atoms with Gasteiger partial charge >= 0.3 is 0 Å². The van der Waals surface area contributed by atoms with E-state index in [9.17, 15) is 9.18 Å². The van der Waals surface area contributed by atoms with Crippen LogP contribution in [0.15, 0.2) is 41.0 Å². The molecular formula is C13H10FN5OS2. The zero-order chi connectivity index (χ0) is 15.4. The SMILES string of the molecule is O=C(CSc1n[nH]c(-c2ccc(F)cc2)n1)Nc1nccs1. The number of amides is 1. The highest BCUT2D eigenvalue weighted by Crippen LogP contribution is 2.20. The van der Waals surface area contributed by atoms with Gasteiger partial charge in [-0.25, -0.2) is 14.4 Å². The van der Waals surface area contributed by atoms with Gasteiger partial charge in [0.1, 0.15) is 5.82 Å². The molecule has 3 rings (SSSR count). The molecule has 9 heteroatoms. The van der Waals surface area contributed by atoms with Crippen molar-refractivity contribution in [2.45, 2.75) is 5.16 Å². The molecule has 0 aliphatic carbocycles. The lowest BCUT2D eigenvalue weighted by Gasteiger charge is -1.98. The van der Waals surface area contributed by atoms with E-state index in [1.165, 1.54) is 35.2 Å². The van der Waals surface area contributed by atoms with E-state index >= 15 is 0 Å². The number of anilines is 1. The van der Waals surface area contributed by atoms with Gasteiger partial charge in [-0.1, -0.05) is 11.8 Å². The van der Waals surface area contributed by atoms with Gasteiger partial charge in [0.2, 0.25) is 11.1 Å². The molecule has 112 valence electrons. The number of hydrogen-bond acceptors (Lipinski definition) is 6. The molecule has 2 N–H and O–H groups in total. The van der Waals surface area contributed by atoms with Crippen LogP contribution in [-0.4, -0.2) is 31.8 Å². The Hall–Kier alpha value is -2.26. The molecule has 22 heavy (non-hydrogen) atoms. The molecule has 0 aliphatic rings. The first-order valence-corrected chi connectivity index (χ1v) is 8.08. The number of thioether (sulfide) groups is 1. The number of nitrogens with one attached hydrogen (secondary N) is 2. The number of rotatable bonds is 5. The second kappa shape index (κ2) is 6.67. The molecule has 6 nitrogen and oxygen atoms in total. The van der Waals surface area contributed by atoms with Crippen LogP contribution in [0.25, 0.3) is 11.4 Å². The van der Waals surface area contributed by atoms with Gasteiger partial charge in [-0.15, -0.1) is 16.4 Å². The number of aromatic nitrogens is 4. The van der Waals surface area contributed by atoms with Crippen LogP contribution in [-0.2, 0) is 4.79 Å².